The van der Waals surface area contributed by atoms with E-state index in [1.54, 1.807) is 18.7 Å². The van der Waals surface area contributed by atoms with Gasteiger partial charge in [0.2, 0.25) is 5.91 Å². The van der Waals surface area contributed by atoms with Gasteiger partial charge in [0.1, 0.15) is 0 Å². The first kappa shape index (κ1) is 15.8. The predicted molar refractivity (Wildman–Crippen MR) is 77.9 cm³/mol. The molecule has 0 heterocycles. The van der Waals surface area contributed by atoms with Crippen molar-refractivity contribution >= 4 is 17.7 Å². The van der Waals surface area contributed by atoms with Crippen LogP contribution in [0.3, 0.4) is 0 Å². The number of hydrogen-bond acceptors (Lipinski definition) is 3. The molecule has 106 valence electrons. The summed E-state index contributed by atoms with van der Waals surface area (Å²) in [6.45, 7) is 6.63. The first-order valence-electron chi connectivity index (χ1n) is 7.15. The Morgan fingerprint density at radius 3 is 2.44 bits per heavy atom. The van der Waals surface area contributed by atoms with Crippen molar-refractivity contribution in [1.29, 1.82) is 0 Å². The molecular weight excluding hydrogens is 246 g/mol. The molecule has 1 saturated carbocycles. The number of thioether (sulfide) groups is 1. The van der Waals surface area contributed by atoms with Crippen LogP contribution in [0.15, 0.2) is 0 Å². The van der Waals surface area contributed by atoms with Crippen LogP contribution in [0.2, 0.25) is 0 Å². The lowest BCUT2D eigenvalue weighted by molar-refractivity contribution is -0.131. The Bertz CT molecular complexity index is 252. The summed E-state index contributed by atoms with van der Waals surface area (Å²) in [7, 11) is 0. The standard InChI is InChI=1S/C14H27NO2S/c1-4-15(13-8-6-5-7-9-13)14(17)10-18-12(3)11(2)16/h11-13,16H,4-10H2,1-3H3. The molecule has 4 heteroatoms. The van der Waals surface area contributed by atoms with Crippen LogP contribution in [0.4, 0.5) is 0 Å². The fourth-order valence-corrected chi connectivity index (χ4v) is 3.31. The third-order valence-corrected chi connectivity index (χ3v) is 5.16. The van der Waals surface area contributed by atoms with Crippen LogP contribution in [0.1, 0.15) is 52.9 Å². The van der Waals surface area contributed by atoms with Crippen molar-refractivity contribution < 1.29 is 9.90 Å². The van der Waals surface area contributed by atoms with Crippen LogP contribution in [-0.2, 0) is 4.79 Å². The molecule has 2 atom stereocenters. The van der Waals surface area contributed by atoms with Gasteiger partial charge in [0.15, 0.2) is 0 Å². The lowest BCUT2D eigenvalue weighted by atomic mass is 9.94. The number of aliphatic hydroxyl groups is 1. The van der Waals surface area contributed by atoms with Crippen LogP contribution >= 0.6 is 11.8 Å². The van der Waals surface area contributed by atoms with Crippen molar-refractivity contribution in [1.82, 2.24) is 4.90 Å². The van der Waals surface area contributed by atoms with Crippen LogP contribution in [0.25, 0.3) is 0 Å². The van der Waals surface area contributed by atoms with Gasteiger partial charge in [0, 0.05) is 17.8 Å². The molecule has 1 amide bonds. The molecule has 0 aromatic rings. The number of carbonyl (C=O) groups excluding carboxylic acids is 1. The number of amides is 1. The molecule has 1 fully saturated rings. The average Bonchev–Trinajstić information content (AvgIpc) is 2.38. The van der Waals surface area contributed by atoms with Gasteiger partial charge < -0.3 is 10.0 Å². The van der Waals surface area contributed by atoms with E-state index in [4.69, 9.17) is 0 Å². The highest BCUT2D eigenvalue weighted by molar-refractivity contribution is 8.00. The average molecular weight is 273 g/mol. The zero-order chi connectivity index (χ0) is 13.5. The van der Waals surface area contributed by atoms with Gasteiger partial charge in [-0.05, 0) is 26.7 Å². The highest BCUT2D eigenvalue weighted by atomic mass is 32.2. The highest BCUT2D eigenvalue weighted by Crippen LogP contribution is 2.24. The van der Waals surface area contributed by atoms with E-state index in [2.05, 4.69) is 6.92 Å². The molecule has 0 bridgehead atoms. The second-order valence-electron chi connectivity index (χ2n) is 5.23. The van der Waals surface area contributed by atoms with E-state index in [0.29, 0.717) is 11.8 Å². The van der Waals surface area contributed by atoms with Crippen LogP contribution in [-0.4, -0.2) is 45.6 Å². The largest absolute Gasteiger partial charge is 0.392 e. The number of rotatable bonds is 6. The maximum atomic E-state index is 12.2. The fourth-order valence-electron chi connectivity index (χ4n) is 2.46. The van der Waals surface area contributed by atoms with Crippen molar-refractivity contribution in [3.8, 4) is 0 Å². The Morgan fingerprint density at radius 1 is 1.33 bits per heavy atom. The Kier molecular flexibility index (Phi) is 7.08. The minimum absolute atomic E-state index is 0.124. The first-order valence-corrected chi connectivity index (χ1v) is 8.20. The molecule has 0 saturated heterocycles. The molecule has 1 N–H and O–H groups in total. The number of hydrogen-bond donors (Lipinski definition) is 1. The molecule has 0 aliphatic heterocycles. The van der Waals surface area contributed by atoms with E-state index >= 15 is 0 Å². The van der Waals surface area contributed by atoms with E-state index in [1.165, 1.54) is 19.3 Å². The second-order valence-corrected chi connectivity index (χ2v) is 6.59. The summed E-state index contributed by atoms with van der Waals surface area (Å²) in [5, 5.41) is 9.56. The first-order chi connectivity index (χ1) is 8.56. The smallest absolute Gasteiger partial charge is 0.232 e. The highest BCUT2D eigenvalue weighted by Gasteiger charge is 2.24. The van der Waals surface area contributed by atoms with Crippen molar-refractivity contribution in [3.05, 3.63) is 0 Å². The molecule has 0 aromatic heterocycles. The summed E-state index contributed by atoms with van der Waals surface area (Å²) in [5.74, 6) is 0.734. The summed E-state index contributed by atoms with van der Waals surface area (Å²) in [6, 6.07) is 0.457. The van der Waals surface area contributed by atoms with Gasteiger partial charge in [-0.3, -0.25) is 4.79 Å². The summed E-state index contributed by atoms with van der Waals surface area (Å²) >= 11 is 1.56. The SMILES string of the molecule is CCN(C(=O)CSC(C)C(C)O)C1CCCCC1. The number of aliphatic hydroxyl groups excluding tert-OH is 1. The maximum Gasteiger partial charge on any atom is 0.232 e. The monoisotopic (exact) mass is 273 g/mol. The van der Waals surface area contributed by atoms with Gasteiger partial charge in [0.25, 0.3) is 0 Å². The van der Waals surface area contributed by atoms with E-state index < -0.39 is 0 Å². The zero-order valence-corrected chi connectivity index (χ0v) is 12.7. The molecular formula is C14H27NO2S. The minimum Gasteiger partial charge on any atom is -0.392 e. The molecule has 18 heavy (non-hydrogen) atoms. The quantitative estimate of drug-likeness (QED) is 0.809. The van der Waals surface area contributed by atoms with Crippen LogP contribution in [0.5, 0.6) is 0 Å². The molecule has 3 nitrogen and oxygen atoms in total. The Morgan fingerprint density at radius 2 is 1.94 bits per heavy atom. The fraction of sp³-hybridized carbons (Fsp3) is 0.929. The van der Waals surface area contributed by atoms with Gasteiger partial charge in [0.05, 0.1) is 11.9 Å². The van der Waals surface area contributed by atoms with E-state index in [9.17, 15) is 9.90 Å². The molecule has 0 radical (unpaired) electrons. The molecule has 0 aromatic carbocycles. The van der Waals surface area contributed by atoms with E-state index in [0.717, 1.165) is 19.4 Å². The zero-order valence-electron chi connectivity index (χ0n) is 11.9. The second kappa shape index (κ2) is 8.05. The summed E-state index contributed by atoms with van der Waals surface area (Å²) in [5.41, 5.74) is 0. The number of carbonyl (C=O) groups is 1. The third kappa shape index (κ3) is 4.81. The van der Waals surface area contributed by atoms with Crippen LogP contribution in [0, 0.1) is 0 Å². The Balaban J connectivity index is 2.41. The lowest BCUT2D eigenvalue weighted by Crippen LogP contribution is -2.42. The maximum absolute atomic E-state index is 12.2. The molecule has 1 aliphatic rings. The van der Waals surface area contributed by atoms with Crippen LogP contribution < -0.4 is 0 Å². The minimum atomic E-state index is -0.354. The Hall–Kier alpha value is -0.220. The molecule has 1 aliphatic carbocycles. The number of nitrogens with zero attached hydrogens (tertiary/aromatic N) is 1. The molecule has 1 rings (SSSR count). The summed E-state index contributed by atoms with van der Waals surface area (Å²) in [6.07, 6.45) is 5.80. The van der Waals surface area contributed by atoms with Gasteiger partial charge in [-0.2, -0.15) is 0 Å². The van der Waals surface area contributed by atoms with Gasteiger partial charge in [-0.25, -0.2) is 0 Å². The van der Waals surface area contributed by atoms with Crippen molar-refractivity contribution in [2.45, 2.75) is 70.3 Å². The lowest BCUT2D eigenvalue weighted by Gasteiger charge is -2.33. The van der Waals surface area contributed by atoms with Crippen molar-refractivity contribution in [2.75, 3.05) is 12.3 Å². The molecule has 0 spiro atoms. The van der Waals surface area contributed by atoms with Gasteiger partial charge in [-0.15, -0.1) is 11.8 Å². The van der Waals surface area contributed by atoms with Crippen molar-refractivity contribution in [2.24, 2.45) is 0 Å². The third-order valence-electron chi connectivity index (χ3n) is 3.83. The normalized spacial score (nSPS) is 20.4. The molecule has 2 unspecified atom stereocenters. The van der Waals surface area contributed by atoms with Gasteiger partial charge in [-0.1, -0.05) is 26.2 Å². The van der Waals surface area contributed by atoms with E-state index in [-0.39, 0.29) is 17.3 Å². The summed E-state index contributed by atoms with van der Waals surface area (Å²) in [4.78, 5) is 14.3. The predicted octanol–water partition coefficient (Wildman–Crippen LogP) is 2.67. The summed E-state index contributed by atoms with van der Waals surface area (Å²) < 4.78 is 0. The van der Waals surface area contributed by atoms with E-state index in [1.807, 2.05) is 11.8 Å². The van der Waals surface area contributed by atoms with Gasteiger partial charge >= 0.3 is 0 Å². The topological polar surface area (TPSA) is 40.5 Å². The Labute approximate surface area is 115 Å². The van der Waals surface area contributed by atoms with Crippen molar-refractivity contribution in [3.63, 3.8) is 0 Å².